The standard InChI is InChI=1S/C22H18O/c23-22(20-14-8-3-9-15-20)21(19-12-6-2-7-13-19)17-16-18-10-4-1-5-11-18/h1-15,21-23H. The van der Waals surface area contributed by atoms with Crippen LogP contribution >= 0.6 is 0 Å². The van der Waals surface area contributed by atoms with Gasteiger partial charge >= 0.3 is 0 Å². The lowest BCUT2D eigenvalue weighted by molar-refractivity contribution is 0.165. The third kappa shape index (κ3) is 3.88. The van der Waals surface area contributed by atoms with Crippen LogP contribution in [0.15, 0.2) is 91.0 Å². The molecule has 2 atom stereocenters. The maximum Gasteiger partial charge on any atom is 0.0968 e. The van der Waals surface area contributed by atoms with Crippen molar-refractivity contribution in [3.8, 4) is 11.8 Å². The van der Waals surface area contributed by atoms with Crippen molar-refractivity contribution < 1.29 is 5.11 Å². The van der Waals surface area contributed by atoms with E-state index in [0.717, 1.165) is 16.7 Å². The molecule has 0 spiro atoms. The van der Waals surface area contributed by atoms with E-state index < -0.39 is 6.10 Å². The molecule has 1 heteroatoms. The predicted molar refractivity (Wildman–Crippen MR) is 93.9 cm³/mol. The predicted octanol–water partition coefficient (Wildman–Crippen LogP) is 4.56. The Hall–Kier alpha value is -2.82. The van der Waals surface area contributed by atoms with Gasteiger partial charge in [-0.15, -0.1) is 0 Å². The first kappa shape index (κ1) is 15.1. The number of hydrogen-bond donors (Lipinski definition) is 1. The van der Waals surface area contributed by atoms with Gasteiger partial charge in [-0.05, 0) is 23.3 Å². The lowest BCUT2D eigenvalue weighted by Gasteiger charge is -2.19. The molecule has 0 bridgehead atoms. The Balaban J connectivity index is 1.97. The lowest BCUT2D eigenvalue weighted by Crippen LogP contribution is -2.09. The number of hydrogen-bond acceptors (Lipinski definition) is 1. The molecule has 0 amide bonds. The van der Waals surface area contributed by atoms with Crippen molar-refractivity contribution >= 4 is 0 Å². The van der Waals surface area contributed by atoms with Gasteiger partial charge in [-0.3, -0.25) is 0 Å². The zero-order valence-corrected chi connectivity index (χ0v) is 12.8. The molecule has 0 aliphatic carbocycles. The number of aliphatic hydroxyl groups is 1. The van der Waals surface area contributed by atoms with Gasteiger partial charge in [0, 0.05) is 5.56 Å². The molecular formula is C22H18O. The third-order valence-corrected chi connectivity index (χ3v) is 3.76. The van der Waals surface area contributed by atoms with Crippen molar-refractivity contribution in [2.75, 3.05) is 0 Å². The Morgan fingerprint density at radius 2 is 1.09 bits per heavy atom. The monoisotopic (exact) mass is 298 g/mol. The SMILES string of the molecule is OC(c1ccccc1)C(C#Cc1ccccc1)c1ccccc1. The van der Waals surface area contributed by atoms with Crippen molar-refractivity contribution in [2.45, 2.75) is 12.0 Å². The fraction of sp³-hybridized carbons (Fsp3) is 0.0909. The highest BCUT2D eigenvalue weighted by Gasteiger charge is 2.20. The summed E-state index contributed by atoms with van der Waals surface area (Å²) >= 11 is 0. The van der Waals surface area contributed by atoms with Gasteiger partial charge in [-0.2, -0.15) is 0 Å². The molecule has 0 heterocycles. The smallest absolute Gasteiger partial charge is 0.0968 e. The normalized spacial score (nSPS) is 12.7. The van der Waals surface area contributed by atoms with Crippen LogP contribution in [0.5, 0.6) is 0 Å². The van der Waals surface area contributed by atoms with Crippen LogP contribution in [0.3, 0.4) is 0 Å². The second kappa shape index (κ2) is 7.45. The Bertz CT molecular complexity index is 783. The summed E-state index contributed by atoms with van der Waals surface area (Å²) in [5.74, 6) is 6.17. The summed E-state index contributed by atoms with van der Waals surface area (Å²) in [6.45, 7) is 0. The molecule has 3 aromatic carbocycles. The van der Waals surface area contributed by atoms with E-state index in [2.05, 4.69) is 11.8 Å². The Labute approximate surface area is 137 Å². The van der Waals surface area contributed by atoms with Gasteiger partial charge in [0.25, 0.3) is 0 Å². The van der Waals surface area contributed by atoms with Crippen LogP contribution in [-0.2, 0) is 0 Å². The van der Waals surface area contributed by atoms with Crippen LogP contribution in [0.25, 0.3) is 0 Å². The Morgan fingerprint density at radius 3 is 1.65 bits per heavy atom. The average Bonchev–Trinajstić information content (AvgIpc) is 2.64. The van der Waals surface area contributed by atoms with Crippen molar-refractivity contribution in [3.63, 3.8) is 0 Å². The van der Waals surface area contributed by atoms with Crippen LogP contribution in [0.1, 0.15) is 28.7 Å². The van der Waals surface area contributed by atoms with Crippen molar-refractivity contribution in [1.82, 2.24) is 0 Å². The summed E-state index contributed by atoms with van der Waals surface area (Å²) in [6.07, 6.45) is -0.658. The van der Waals surface area contributed by atoms with Gasteiger partial charge in [-0.25, -0.2) is 0 Å². The molecule has 3 rings (SSSR count). The highest BCUT2D eigenvalue weighted by atomic mass is 16.3. The van der Waals surface area contributed by atoms with E-state index >= 15 is 0 Å². The van der Waals surface area contributed by atoms with Crippen molar-refractivity contribution in [2.24, 2.45) is 0 Å². The third-order valence-electron chi connectivity index (χ3n) is 3.76. The van der Waals surface area contributed by atoms with Crippen molar-refractivity contribution in [1.29, 1.82) is 0 Å². The first-order chi connectivity index (χ1) is 11.3. The molecule has 112 valence electrons. The van der Waals surface area contributed by atoms with Crippen LogP contribution < -0.4 is 0 Å². The molecule has 3 aromatic rings. The van der Waals surface area contributed by atoms with E-state index in [-0.39, 0.29) is 5.92 Å². The first-order valence-corrected chi connectivity index (χ1v) is 7.69. The molecule has 1 N–H and O–H groups in total. The summed E-state index contributed by atoms with van der Waals surface area (Å²) in [7, 11) is 0. The lowest BCUT2D eigenvalue weighted by atomic mass is 9.89. The summed E-state index contributed by atoms with van der Waals surface area (Å²) in [5, 5.41) is 10.8. The Morgan fingerprint density at radius 1 is 0.609 bits per heavy atom. The summed E-state index contributed by atoms with van der Waals surface area (Å²) in [5.41, 5.74) is 2.85. The molecule has 0 aliphatic heterocycles. The fourth-order valence-corrected chi connectivity index (χ4v) is 2.53. The van der Waals surface area contributed by atoms with Crippen LogP contribution in [0.2, 0.25) is 0 Å². The van der Waals surface area contributed by atoms with E-state index in [1.165, 1.54) is 0 Å². The zero-order valence-electron chi connectivity index (χ0n) is 12.8. The van der Waals surface area contributed by atoms with E-state index in [0.29, 0.717) is 0 Å². The molecule has 0 saturated heterocycles. The average molecular weight is 298 g/mol. The van der Waals surface area contributed by atoms with E-state index in [9.17, 15) is 5.11 Å². The molecule has 0 fully saturated rings. The minimum Gasteiger partial charge on any atom is -0.387 e. The Kier molecular flexibility index (Phi) is 4.88. The highest BCUT2D eigenvalue weighted by molar-refractivity contribution is 5.40. The van der Waals surface area contributed by atoms with Gasteiger partial charge < -0.3 is 5.11 Å². The fourth-order valence-electron chi connectivity index (χ4n) is 2.53. The largest absolute Gasteiger partial charge is 0.387 e. The second-order valence-corrected chi connectivity index (χ2v) is 5.38. The van der Waals surface area contributed by atoms with E-state index in [1.807, 2.05) is 91.0 Å². The maximum absolute atomic E-state index is 10.8. The van der Waals surface area contributed by atoms with Crippen molar-refractivity contribution in [3.05, 3.63) is 108 Å². The van der Waals surface area contributed by atoms with Crippen LogP contribution in [0, 0.1) is 11.8 Å². The number of aliphatic hydroxyl groups excluding tert-OH is 1. The van der Waals surface area contributed by atoms with Crippen LogP contribution in [-0.4, -0.2) is 5.11 Å². The molecule has 0 aliphatic rings. The molecule has 2 unspecified atom stereocenters. The van der Waals surface area contributed by atoms with Gasteiger partial charge in [0.15, 0.2) is 0 Å². The molecule has 1 nitrogen and oxygen atoms in total. The molecule has 0 aromatic heterocycles. The maximum atomic E-state index is 10.8. The minimum absolute atomic E-state index is 0.265. The van der Waals surface area contributed by atoms with Gasteiger partial charge in [0.2, 0.25) is 0 Å². The second-order valence-electron chi connectivity index (χ2n) is 5.38. The van der Waals surface area contributed by atoms with Gasteiger partial charge in [-0.1, -0.05) is 90.7 Å². The quantitative estimate of drug-likeness (QED) is 0.703. The molecule has 0 radical (unpaired) electrons. The zero-order chi connectivity index (χ0) is 15.9. The number of rotatable bonds is 3. The van der Waals surface area contributed by atoms with Gasteiger partial charge in [0.1, 0.15) is 0 Å². The summed E-state index contributed by atoms with van der Waals surface area (Å²) < 4.78 is 0. The molecule has 23 heavy (non-hydrogen) atoms. The van der Waals surface area contributed by atoms with Crippen LogP contribution in [0.4, 0.5) is 0 Å². The van der Waals surface area contributed by atoms with Gasteiger partial charge in [0.05, 0.1) is 12.0 Å². The summed E-state index contributed by atoms with van der Waals surface area (Å²) in [4.78, 5) is 0. The first-order valence-electron chi connectivity index (χ1n) is 7.69. The highest BCUT2D eigenvalue weighted by Crippen LogP contribution is 2.30. The minimum atomic E-state index is -0.658. The molecule has 0 saturated carbocycles. The topological polar surface area (TPSA) is 20.2 Å². The summed E-state index contributed by atoms with van der Waals surface area (Å²) in [6, 6.07) is 29.5. The molecular weight excluding hydrogens is 280 g/mol. The van der Waals surface area contributed by atoms with E-state index in [1.54, 1.807) is 0 Å². The number of benzene rings is 3. The van der Waals surface area contributed by atoms with E-state index in [4.69, 9.17) is 0 Å².